The maximum Gasteiger partial charge on any atom is 0.344 e. The summed E-state index contributed by atoms with van der Waals surface area (Å²) in [5.41, 5.74) is 1.46. The van der Waals surface area contributed by atoms with Crippen LogP contribution in [-0.4, -0.2) is 34.0 Å². The standard InChI is InChI=1S/C12H13N5O4S/c1-12(7-3-5-8(6-4-7)17(20)21)9(18)16(11(19)14-12)15-10(22)13-2/h3-6H,1-2H3,(H,14,19)(H2,13,15,22)/t12-/m0/s1. The molecule has 0 unspecified atom stereocenters. The van der Waals surface area contributed by atoms with Crippen LogP contribution in [-0.2, 0) is 10.3 Å². The van der Waals surface area contributed by atoms with E-state index in [9.17, 15) is 19.7 Å². The average Bonchev–Trinajstić information content (AvgIpc) is 2.71. The Kier molecular flexibility index (Phi) is 3.95. The number of nitrogens with one attached hydrogen (secondary N) is 3. The minimum Gasteiger partial charge on any atom is -0.364 e. The Morgan fingerprint density at radius 2 is 1.95 bits per heavy atom. The Morgan fingerprint density at radius 1 is 1.36 bits per heavy atom. The van der Waals surface area contributed by atoms with Gasteiger partial charge in [0, 0.05) is 19.2 Å². The molecule has 116 valence electrons. The molecular formula is C12H13N5O4S. The van der Waals surface area contributed by atoms with Crippen LogP contribution in [0.4, 0.5) is 10.5 Å². The molecule has 9 nitrogen and oxygen atoms in total. The topological polar surface area (TPSA) is 117 Å². The van der Waals surface area contributed by atoms with Gasteiger partial charge in [-0.25, -0.2) is 4.79 Å². The molecule has 1 aromatic rings. The lowest BCUT2D eigenvalue weighted by Gasteiger charge is -2.22. The predicted octanol–water partition coefficient (Wildman–Crippen LogP) is 0.371. The first-order chi connectivity index (χ1) is 10.3. The third-order valence-corrected chi connectivity index (χ3v) is 3.58. The fourth-order valence-corrected chi connectivity index (χ4v) is 2.10. The summed E-state index contributed by atoms with van der Waals surface area (Å²) in [6.45, 7) is 1.51. The SMILES string of the molecule is CNC(=S)NN1C(=O)N[C@@](C)(c2ccc([N+](=O)[O-])cc2)C1=O. The van der Waals surface area contributed by atoms with Crippen LogP contribution in [0.5, 0.6) is 0 Å². The summed E-state index contributed by atoms with van der Waals surface area (Å²) in [6, 6.07) is 4.73. The van der Waals surface area contributed by atoms with Crippen LogP contribution in [0.15, 0.2) is 24.3 Å². The van der Waals surface area contributed by atoms with E-state index in [4.69, 9.17) is 12.2 Å². The van der Waals surface area contributed by atoms with Crippen molar-refractivity contribution in [1.82, 2.24) is 21.1 Å². The molecule has 3 amide bonds. The third kappa shape index (κ3) is 2.55. The number of carbonyl (C=O) groups is 2. The Balaban J connectivity index is 2.30. The number of carbonyl (C=O) groups excluding carboxylic acids is 2. The van der Waals surface area contributed by atoms with Gasteiger partial charge in [-0.3, -0.25) is 20.3 Å². The molecule has 1 aliphatic rings. The van der Waals surface area contributed by atoms with Crippen LogP contribution >= 0.6 is 12.2 Å². The molecule has 1 saturated heterocycles. The van der Waals surface area contributed by atoms with Gasteiger partial charge in [-0.1, -0.05) is 0 Å². The zero-order chi connectivity index (χ0) is 16.5. The summed E-state index contributed by atoms with van der Waals surface area (Å²) in [5.74, 6) is -0.566. The van der Waals surface area contributed by atoms with Crippen LogP contribution in [0.3, 0.4) is 0 Å². The smallest absolute Gasteiger partial charge is 0.344 e. The quantitative estimate of drug-likeness (QED) is 0.318. The average molecular weight is 323 g/mol. The summed E-state index contributed by atoms with van der Waals surface area (Å²) in [7, 11) is 1.54. The monoisotopic (exact) mass is 323 g/mol. The molecule has 1 heterocycles. The summed E-state index contributed by atoms with van der Waals surface area (Å²) >= 11 is 4.86. The maximum atomic E-state index is 12.5. The number of nitro groups is 1. The number of amides is 3. The first kappa shape index (κ1) is 15.6. The summed E-state index contributed by atoms with van der Waals surface area (Å²) in [6.07, 6.45) is 0. The summed E-state index contributed by atoms with van der Waals surface area (Å²) in [4.78, 5) is 34.5. The van der Waals surface area contributed by atoms with Crippen LogP contribution in [0.25, 0.3) is 0 Å². The molecule has 0 aromatic heterocycles. The second kappa shape index (κ2) is 5.56. The van der Waals surface area contributed by atoms with Gasteiger partial charge in [-0.2, -0.15) is 5.01 Å². The van der Waals surface area contributed by atoms with E-state index in [1.54, 1.807) is 7.05 Å². The maximum absolute atomic E-state index is 12.5. The van der Waals surface area contributed by atoms with Crippen LogP contribution in [0.2, 0.25) is 0 Å². The van der Waals surface area contributed by atoms with E-state index in [0.29, 0.717) is 5.56 Å². The van der Waals surface area contributed by atoms with Gasteiger partial charge in [0.05, 0.1) is 4.92 Å². The number of urea groups is 1. The lowest BCUT2D eigenvalue weighted by atomic mass is 9.92. The molecule has 3 N–H and O–H groups in total. The van der Waals surface area contributed by atoms with Crippen molar-refractivity contribution in [2.75, 3.05) is 7.05 Å². The second-order valence-corrected chi connectivity index (χ2v) is 5.10. The second-order valence-electron chi connectivity index (χ2n) is 4.69. The van der Waals surface area contributed by atoms with E-state index >= 15 is 0 Å². The van der Waals surface area contributed by atoms with Crippen molar-refractivity contribution in [3.05, 3.63) is 39.9 Å². The Labute approximate surface area is 130 Å². The van der Waals surface area contributed by atoms with Crippen molar-refractivity contribution in [2.24, 2.45) is 0 Å². The lowest BCUT2D eigenvalue weighted by molar-refractivity contribution is -0.384. The Hall–Kier alpha value is -2.75. The molecule has 0 saturated carbocycles. The number of nitrogens with zero attached hydrogens (tertiary/aromatic N) is 2. The number of rotatable bonds is 3. The fraction of sp³-hybridized carbons (Fsp3) is 0.250. The summed E-state index contributed by atoms with van der Waals surface area (Å²) < 4.78 is 0. The number of hydrogen-bond acceptors (Lipinski definition) is 5. The van der Waals surface area contributed by atoms with Crippen LogP contribution < -0.4 is 16.1 Å². The first-order valence-electron chi connectivity index (χ1n) is 6.19. The Morgan fingerprint density at radius 3 is 2.45 bits per heavy atom. The number of hydrogen-bond donors (Lipinski definition) is 3. The zero-order valence-corrected chi connectivity index (χ0v) is 12.6. The van der Waals surface area contributed by atoms with Crippen molar-refractivity contribution < 1.29 is 14.5 Å². The van der Waals surface area contributed by atoms with E-state index in [0.717, 1.165) is 5.01 Å². The molecule has 0 radical (unpaired) electrons. The number of hydrazine groups is 1. The van der Waals surface area contributed by atoms with Crippen molar-refractivity contribution in [2.45, 2.75) is 12.5 Å². The van der Waals surface area contributed by atoms with E-state index in [-0.39, 0.29) is 10.8 Å². The first-order valence-corrected chi connectivity index (χ1v) is 6.60. The third-order valence-electron chi connectivity index (χ3n) is 3.29. The van der Waals surface area contributed by atoms with Gasteiger partial charge in [0.25, 0.3) is 11.6 Å². The number of thiocarbonyl (C=S) groups is 1. The van der Waals surface area contributed by atoms with Crippen molar-refractivity contribution >= 4 is 35.0 Å². The fourth-order valence-electron chi connectivity index (χ4n) is 2.01. The number of nitro benzene ring substituents is 1. The molecule has 10 heteroatoms. The summed E-state index contributed by atoms with van der Waals surface area (Å²) in [5, 5.41) is 16.7. The highest BCUT2D eigenvalue weighted by Crippen LogP contribution is 2.29. The van der Waals surface area contributed by atoms with Crippen LogP contribution in [0.1, 0.15) is 12.5 Å². The van der Waals surface area contributed by atoms with Crippen molar-refractivity contribution in [1.29, 1.82) is 0 Å². The largest absolute Gasteiger partial charge is 0.364 e. The Bertz CT molecular complexity index is 662. The van der Waals surface area contributed by atoms with Crippen LogP contribution in [0, 0.1) is 10.1 Å². The highest BCUT2D eigenvalue weighted by molar-refractivity contribution is 7.80. The zero-order valence-electron chi connectivity index (χ0n) is 11.7. The minimum atomic E-state index is -1.33. The normalized spacial score (nSPS) is 20.5. The molecule has 0 spiro atoms. The molecule has 1 aliphatic heterocycles. The van der Waals surface area contributed by atoms with Gasteiger partial charge in [0.2, 0.25) is 0 Å². The molecule has 22 heavy (non-hydrogen) atoms. The molecule has 0 bridgehead atoms. The van der Waals surface area contributed by atoms with E-state index in [2.05, 4.69) is 16.1 Å². The van der Waals surface area contributed by atoms with Gasteiger partial charge in [0.15, 0.2) is 5.11 Å². The van der Waals surface area contributed by atoms with Crippen molar-refractivity contribution in [3.8, 4) is 0 Å². The van der Waals surface area contributed by atoms with E-state index in [1.807, 2.05) is 0 Å². The lowest BCUT2D eigenvalue weighted by Crippen LogP contribution is -2.50. The predicted molar refractivity (Wildman–Crippen MR) is 80.6 cm³/mol. The van der Waals surface area contributed by atoms with Gasteiger partial charge in [-0.15, -0.1) is 0 Å². The highest BCUT2D eigenvalue weighted by atomic mass is 32.1. The molecule has 1 atom stereocenters. The highest BCUT2D eigenvalue weighted by Gasteiger charge is 2.49. The molecule has 0 aliphatic carbocycles. The molecule has 1 aromatic carbocycles. The minimum absolute atomic E-state index is 0.101. The van der Waals surface area contributed by atoms with Gasteiger partial charge in [0.1, 0.15) is 5.54 Å². The number of benzene rings is 1. The van der Waals surface area contributed by atoms with Crippen molar-refractivity contribution in [3.63, 3.8) is 0 Å². The van der Waals surface area contributed by atoms with Gasteiger partial charge in [-0.05, 0) is 36.8 Å². The van der Waals surface area contributed by atoms with Gasteiger partial charge >= 0.3 is 6.03 Å². The molecule has 2 rings (SSSR count). The van der Waals surface area contributed by atoms with Gasteiger partial charge < -0.3 is 10.6 Å². The van der Waals surface area contributed by atoms with E-state index < -0.39 is 22.4 Å². The number of non-ortho nitro benzene ring substituents is 1. The number of imide groups is 1. The molecular weight excluding hydrogens is 310 g/mol. The van der Waals surface area contributed by atoms with E-state index in [1.165, 1.54) is 31.2 Å². The molecule has 1 fully saturated rings.